The Labute approximate surface area is 109 Å². The van der Waals surface area contributed by atoms with Crippen LogP contribution in [0.25, 0.3) is 0 Å². The molecule has 18 heavy (non-hydrogen) atoms. The van der Waals surface area contributed by atoms with E-state index in [1.54, 1.807) is 19.4 Å². The molecule has 0 bridgehead atoms. The third-order valence-corrected chi connectivity index (χ3v) is 3.25. The van der Waals surface area contributed by atoms with E-state index in [0.717, 1.165) is 5.56 Å². The summed E-state index contributed by atoms with van der Waals surface area (Å²) in [5, 5.41) is 0.495. The summed E-state index contributed by atoms with van der Waals surface area (Å²) in [7, 11) is 1.56. The van der Waals surface area contributed by atoms with Crippen molar-refractivity contribution < 1.29 is 13.9 Å². The zero-order valence-electron chi connectivity index (χ0n) is 10.2. The molecule has 1 aromatic heterocycles. The number of hydrogen-bond acceptors (Lipinski definition) is 5. The maximum Gasteiger partial charge on any atom is 0.255 e. The van der Waals surface area contributed by atoms with Gasteiger partial charge in [-0.05, 0) is 24.6 Å². The number of Topliss-reactive ketones (excluding diaryl/α,β-unsaturated/α-hetero) is 1. The first-order valence-corrected chi connectivity index (χ1v) is 6.39. The number of thioether (sulfide) groups is 1. The summed E-state index contributed by atoms with van der Waals surface area (Å²) in [6, 6.07) is 5.53. The van der Waals surface area contributed by atoms with Gasteiger partial charge in [0.15, 0.2) is 5.78 Å². The SMILES string of the molecule is COc1cc(C)ccc1C(=O)CSc1ncco1. The number of oxazole rings is 1. The first-order valence-electron chi connectivity index (χ1n) is 5.41. The van der Waals surface area contributed by atoms with Crippen molar-refractivity contribution in [2.24, 2.45) is 0 Å². The number of aryl methyl sites for hydroxylation is 1. The van der Waals surface area contributed by atoms with E-state index in [2.05, 4.69) is 4.98 Å². The Morgan fingerprint density at radius 2 is 2.33 bits per heavy atom. The van der Waals surface area contributed by atoms with Crippen LogP contribution in [-0.2, 0) is 0 Å². The molecule has 2 aromatic rings. The fourth-order valence-corrected chi connectivity index (χ4v) is 2.18. The molecule has 0 saturated carbocycles. The van der Waals surface area contributed by atoms with E-state index >= 15 is 0 Å². The summed E-state index contributed by atoms with van der Waals surface area (Å²) >= 11 is 1.27. The molecular formula is C13H13NO3S. The van der Waals surface area contributed by atoms with E-state index in [9.17, 15) is 4.79 Å². The summed E-state index contributed by atoms with van der Waals surface area (Å²) in [4.78, 5) is 16.0. The van der Waals surface area contributed by atoms with Gasteiger partial charge in [0, 0.05) is 0 Å². The van der Waals surface area contributed by atoms with Gasteiger partial charge in [0.1, 0.15) is 12.0 Å². The molecule has 1 aromatic carbocycles. The van der Waals surface area contributed by atoms with Gasteiger partial charge in [-0.2, -0.15) is 0 Å². The van der Waals surface area contributed by atoms with Crippen LogP contribution in [0, 0.1) is 6.92 Å². The Kier molecular flexibility index (Phi) is 4.04. The number of aromatic nitrogens is 1. The van der Waals surface area contributed by atoms with E-state index in [4.69, 9.17) is 9.15 Å². The lowest BCUT2D eigenvalue weighted by Crippen LogP contribution is -2.05. The van der Waals surface area contributed by atoms with Gasteiger partial charge in [0.05, 0.1) is 24.6 Å². The highest BCUT2D eigenvalue weighted by atomic mass is 32.2. The molecule has 4 nitrogen and oxygen atoms in total. The van der Waals surface area contributed by atoms with Crippen molar-refractivity contribution in [3.8, 4) is 5.75 Å². The van der Waals surface area contributed by atoms with Crippen molar-refractivity contribution in [2.45, 2.75) is 12.1 Å². The van der Waals surface area contributed by atoms with Gasteiger partial charge >= 0.3 is 0 Å². The van der Waals surface area contributed by atoms with Crippen LogP contribution in [0.15, 0.2) is 40.3 Å². The van der Waals surface area contributed by atoms with Gasteiger partial charge in [0.25, 0.3) is 5.22 Å². The smallest absolute Gasteiger partial charge is 0.255 e. The maximum absolute atomic E-state index is 12.1. The molecule has 94 valence electrons. The molecule has 2 rings (SSSR count). The van der Waals surface area contributed by atoms with Crippen molar-refractivity contribution >= 4 is 17.5 Å². The highest BCUT2D eigenvalue weighted by molar-refractivity contribution is 7.99. The quantitative estimate of drug-likeness (QED) is 0.613. The summed E-state index contributed by atoms with van der Waals surface area (Å²) in [5.74, 6) is 0.878. The van der Waals surface area contributed by atoms with E-state index in [-0.39, 0.29) is 11.5 Å². The number of rotatable bonds is 5. The monoisotopic (exact) mass is 263 g/mol. The summed E-state index contributed by atoms with van der Waals surface area (Å²) in [6.07, 6.45) is 3.04. The zero-order chi connectivity index (χ0) is 13.0. The zero-order valence-corrected chi connectivity index (χ0v) is 11.0. The lowest BCUT2D eigenvalue weighted by molar-refractivity contribution is 0.101. The van der Waals surface area contributed by atoms with Crippen molar-refractivity contribution in [1.29, 1.82) is 0 Å². The minimum atomic E-state index is -0.00458. The minimum Gasteiger partial charge on any atom is -0.496 e. The second kappa shape index (κ2) is 5.73. The molecule has 0 aliphatic rings. The van der Waals surface area contributed by atoms with Gasteiger partial charge in [-0.3, -0.25) is 4.79 Å². The van der Waals surface area contributed by atoms with Gasteiger partial charge in [-0.1, -0.05) is 17.8 Å². The number of hydrogen-bond donors (Lipinski definition) is 0. The lowest BCUT2D eigenvalue weighted by Gasteiger charge is -2.07. The maximum atomic E-state index is 12.1. The molecule has 1 heterocycles. The molecule has 0 unspecified atom stereocenters. The normalized spacial score (nSPS) is 10.3. The van der Waals surface area contributed by atoms with Gasteiger partial charge in [0.2, 0.25) is 0 Å². The first kappa shape index (κ1) is 12.7. The Bertz CT molecular complexity index is 537. The predicted octanol–water partition coefficient (Wildman–Crippen LogP) is 2.97. The fraction of sp³-hybridized carbons (Fsp3) is 0.231. The van der Waals surface area contributed by atoms with E-state index in [1.807, 2.05) is 19.1 Å². The topological polar surface area (TPSA) is 52.3 Å². The Morgan fingerprint density at radius 1 is 1.50 bits per heavy atom. The van der Waals surface area contributed by atoms with Crippen molar-refractivity contribution in [3.05, 3.63) is 41.8 Å². The van der Waals surface area contributed by atoms with Crippen LogP contribution in [0.4, 0.5) is 0 Å². The largest absolute Gasteiger partial charge is 0.496 e. The fourth-order valence-electron chi connectivity index (χ4n) is 1.52. The van der Waals surface area contributed by atoms with Gasteiger partial charge in [-0.25, -0.2) is 4.98 Å². The van der Waals surface area contributed by atoms with Gasteiger partial charge < -0.3 is 9.15 Å². The Hall–Kier alpha value is -1.75. The van der Waals surface area contributed by atoms with Crippen LogP contribution in [-0.4, -0.2) is 23.6 Å². The van der Waals surface area contributed by atoms with Crippen LogP contribution in [0.2, 0.25) is 0 Å². The van der Waals surface area contributed by atoms with Crippen LogP contribution < -0.4 is 4.74 Å². The number of benzene rings is 1. The molecule has 5 heteroatoms. The Morgan fingerprint density at radius 3 is 3.00 bits per heavy atom. The predicted molar refractivity (Wildman–Crippen MR) is 69.3 cm³/mol. The highest BCUT2D eigenvalue weighted by Crippen LogP contribution is 2.23. The van der Waals surface area contributed by atoms with Crippen LogP contribution in [0.5, 0.6) is 5.75 Å². The summed E-state index contributed by atoms with van der Waals surface area (Å²) in [5.41, 5.74) is 1.64. The van der Waals surface area contributed by atoms with Crippen molar-refractivity contribution in [1.82, 2.24) is 4.98 Å². The molecule has 0 spiro atoms. The molecule has 0 radical (unpaired) electrons. The first-order chi connectivity index (χ1) is 8.70. The lowest BCUT2D eigenvalue weighted by atomic mass is 10.1. The molecule has 0 aliphatic heterocycles. The second-order valence-electron chi connectivity index (χ2n) is 3.71. The van der Waals surface area contributed by atoms with Crippen LogP contribution >= 0.6 is 11.8 Å². The van der Waals surface area contributed by atoms with E-state index in [0.29, 0.717) is 16.5 Å². The molecule has 0 fully saturated rings. The molecule has 0 atom stereocenters. The number of methoxy groups -OCH3 is 1. The van der Waals surface area contributed by atoms with Gasteiger partial charge in [-0.15, -0.1) is 0 Å². The molecule has 0 N–H and O–H groups in total. The molecule has 0 amide bonds. The highest BCUT2D eigenvalue weighted by Gasteiger charge is 2.13. The average molecular weight is 263 g/mol. The van der Waals surface area contributed by atoms with E-state index < -0.39 is 0 Å². The van der Waals surface area contributed by atoms with E-state index in [1.165, 1.54) is 18.0 Å². The number of carbonyl (C=O) groups excluding carboxylic acids is 1. The Balaban J connectivity index is 2.09. The van der Waals surface area contributed by atoms with Crippen molar-refractivity contribution in [2.75, 3.05) is 12.9 Å². The second-order valence-corrected chi connectivity index (χ2v) is 4.64. The van der Waals surface area contributed by atoms with Crippen LogP contribution in [0.1, 0.15) is 15.9 Å². The summed E-state index contributed by atoms with van der Waals surface area (Å²) in [6.45, 7) is 1.96. The summed E-state index contributed by atoms with van der Waals surface area (Å²) < 4.78 is 10.3. The third kappa shape index (κ3) is 2.92. The standard InChI is InChI=1S/C13H13NO3S/c1-9-3-4-10(12(7-9)16-2)11(15)8-18-13-14-5-6-17-13/h3-7H,8H2,1-2H3. The molecule has 0 aliphatic carbocycles. The number of ether oxygens (including phenoxy) is 1. The number of nitrogens with zero attached hydrogens (tertiary/aromatic N) is 1. The number of ketones is 1. The van der Waals surface area contributed by atoms with Crippen molar-refractivity contribution in [3.63, 3.8) is 0 Å². The third-order valence-electron chi connectivity index (χ3n) is 2.39. The minimum absolute atomic E-state index is 0.00458. The number of carbonyl (C=O) groups is 1. The van der Waals surface area contributed by atoms with Crippen LogP contribution in [0.3, 0.4) is 0 Å². The molecular weight excluding hydrogens is 250 g/mol. The molecule has 0 saturated heterocycles. The average Bonchev–Trinajstić information content (AvgIpc) is 2.88.